The molecule has 1 saturated heterocycles. The van der Waals surface area contributed by atoms with Gasteiger partial charge in [0.25, 0.3) is 0 Å². The fourth-order valence-electron chi connectivity index (χ4n) is 3.38. The van der Waals surface area contributed by atoms with Crippen molar-refractivity contribution in [3.8, 4) is 11.1 Å². The van der Waals surface area contributed by atoms with E-state index in [1.54, 1.807) is 16.3 Å². The largest absolute Gasteiger partial charge is 0.442 e. The number of thiophene rings is 1. The second-order valence-electron chi connectivity index (χ2n) is 7.87. The normalized spacial score (nSPS) is 14.7. The van der Waals surface area contributed by atoms with Crippen LogP contribution in [0.4, 0.5) is 10.6 Å². The van der Waals surface area contributed by atoms with Gasteiger partial charge in [0.15, 0.2) is 5.82 Å². The number of nitrogens with zero attached hydrogens (tertiary/aromatic N) is 4. The lowest BCUT2D eigenvalue weighted by atomic mass is 10.1. The molecule has 1 amide bonds. The van der Waals surface area contributed by atoms with Crippen LogP contribution < -0.4 is 5.01 Å². The quantitative estimate of drug-likeness (QED) is 0.608. The van der Waals surface area contributed by atoms with Crippen LogP contribution in [0, 0.1) is 6.92 Å². The number of rotatable bonds is 2. The van der Waals surface area contributed by atoms with Gasteiger partial charge in [-0.3, -0.25) is 5.01 Å². The molecule has 0 spiro atoms. The van der Waals surface area contributed by atoms with Crippen molar-refractivity contribution in [3.63, 3.8) is 0 Å². The molecule has 1 aliphatic heterocycles. The molecule has 0 N–H and O–H groups in total. The van der Waals surface area contributed by atoms with Gasteiger partial charge in [0.05, 0.1) is 5.39 Å². The van der Waals surface area contributed by atoms with Gasteiger partial charge >= 0.3 is 6.09 Å². The van der Waals surface area contributed by atoms with Crippen molar-refractivity contribution in [1.82, 2.24) is 15.0 Å². The van der Waals surface area contributed by atoms with Crippen molar-refractivity contribution in [2.24, 2.45) is 0 Å². The lowest BCUT2D eigenvalue weighted by Gasteiger charge is -2.31. The minimum atomic E-state index is -0.542. The SMILES string of the molecule is Cc1nc(N2CCCN2C(=O)OC(C)(C)C)c2c(-c3ccccc3)csc2n1. The number of fused-ring (bicyclic) bond motifs is 1. The maximum atomic E-state index is 12.8. The zero-order valence-corrected chi connectivity index (χ0v) is 17.4. The van der Waals surface area contributed by atoms with Gasteiger partial charge in [-0.2, -0.15) is 0 Å². The van der Waals surface area contributed by atoms with Crippen LogP contribution in [0.2, 0.25) is 0 Å². The van der Waals surface area contributed by atoms with Gasteiger partial charge in [0, 0.05) is 24.0 Å². The predicted molar refractivity (Wildman–Crippen MR) is 112 cm³/mol. The third kappa shape index (κ3) is 3.54. The number of hydrazine groups is 1. The van der Waals surface area contributed by atoms with Gasteiger partial charge in [-0.05, 0) is 39.7 Å². The van der Waals surface area contributed by atoms with Gasteiger partial charge in [-0.25, -0.2) is 19.8 Å². The molecule has 6 nitrogen and oxygen atoms in total. The molecule has 1 aromatic carbocycles. The molecular weight excluding hydrogens is 372 g/mol. The summed E-state index contributed by atoms with van der Waals surface area (Å²) in [5, 5.41) is 6.71. The molecule has 0 radical (unpaired) electrons. The number of ether oxygens (including phenoxy) is 1. The summed E-state index contributed by atoms with van der Waals surface area (Å²) in [6.07, 6.45) is 0.528. The Morgan fingerprint density at radius 3 is 2.61 bits per heavy atom. The van der Waals surface area contributed by atoms with E-state index >= 15 is 0 Å². The van der Waals surface area contributed by atoms with E-state index in [1.807, 2.05) is 50.9 Å². The number of benzene rings is 1. The zero-order chi connectivity index (χ0) is 19.9. The predicted octanol–water partition coefficient (Wildman–Crippen LogP) is 5.03. The zero-order valence-electron chi connectivity index (χ0n) is 16.6. The Hall–Kier alpha value is -2.67. The number of anilines is 1. The molecule has 28 heavy (non-hydrogen) atoms. The molecule has 4 rings (SSSR count). The fourth-order valence-corrected chi connectivity index (χ4v) is 4.37. The van der Waals surface area contributed by atoms with Crippen LogP contribution in [0.1, 0.15) is 33.0 Å². The second kappa shape index (κ2) is 7.05. The third-order valence-corrected chi connectivity index (χ3v) is 5.36. The highest BCUT2D eigenvalue weighted by Crippen LogP contribution is 2.39. The third-order valence-electron chi connectivity index (χ3n) is 4.49. The first-order valence-corrected chi connectivity index (χ1v) is 10.3. The van der Waals surface area contributed by atoms with Gasteiger partial charge in [-0.15, -0.1) is 11.3 Å². The molecule has 0 bridgehead atoms. The van der Waals surface area contributed by atoms with E-state index in [2.05, 4.69) is 22.5 Å². The first kappa shape index (κ1) is 18.7. The van der Waals surface area contributed by atoms with Crippen LogP contribution in [0.15, 0.2) is 35.7 Å². The monoisotopic (exact) mass is 396 g/mol. The van der Waals surface area contributed by atoms with Gasteiger partial charge < -0.3 is 4.74 Å². The summed E-state index contributed by atoms with van der Waals surface area (Å²) in [5.41, 5.74) is 1.66. The summed E-state index contributed by atoms with van der Waals surface area (Å²) in [4.78, 5) is 23.1. The number of aromatic nitrogens is 2. The summed E-state index contributed by atoms with van der Waals surface area (Å²) >= 11 is 1.60. The standard InChI is InChI=1S/C21H24N4O2S/c1-14-22-18(24-11-8-12-25(24)20(26)27-21(2,3)4)17-16(13-28-19(17)23-14)15-9-6-5-7-10-15/h5-7,9-10,13H,8,11-12H2,1-4H3. The van der Waals surface area contributed by atoms with E-state index in [0.717, 1.165) is 40.1 Å². The molecule has 146 valence electrons. The van der Waals surface area contributed by atoms with Crippen molar-refractivity contribution < 1.29 is 9.53 Å². The lowest BCUT2D eigenvalue weighted by Crippen LogP contribution is -2.44. The fraction of sp³-hybridized carbons (Fsp3) is 0.381. The summed E-state index contributed by atoms with van der Waals surface area (Å²) in [7, 11) is 0. The summed E-state index contributed by atoms with van der Waals surface area (Å²) in [6.45, 7) is 8.86. The average Bonchev–Trinajstić information content (AvgIpc) is 3.27. The Balaban J connectivity index is 1.81. The highest BCUT2D eigenvalue weighted by Gasteiger charge is 2.33. The minimum Gasteiger partial charge on any atom is -0.442 e. The number of amides is 1. The van der Waals surface area contributed by atoms with Gasteiger partial charge in [0.2, 0.25) is 0 Å². The summed E-state index contributed by atoms with van der Waals surface area (Å²) in [5.74, 6) is 1.46. The van der Waals surface area contributed by atoms with Crippen LogP contribution in [-0.4, -0.2) is 39.8 Å². The van der Waals surface area contributed by atoms with Crippen molar-refractivity contribution in [1.29, 1.82) is 0 Å². The molecule has 3 heterocycles. The highest BCUT2D eigenvalue weighted by atomic mass is 32.1. The van der Waals surface area contributed by atoms with Crippen LogP contribution in [0.25, 0.3) is 21.3 Å². The van der Waals surface area contributed by atoms with E-state index in [1.165, 1.54) is 0 Å². The molecule has 3 aromatic rings. The van der Waals surface area contributed by atoms with E-state index in [-0.39, 0.29) is 6.09 Å². The molecule has 0 atom stereocenters. The summed E-state index contributed by atoms with van der Waals surface area (Å²) < 4.78 is 5.62. The van der Waals surface area contributed by atoms with Crippen LogP contribution in [0.3, 0.4) is 0 Å². The maximum absolute atomic E-state index is 12.8. The first-order chi connectivity index (χ1) is 13.3. The van der Waals surface area contributed by atoms with E-state index in [0.29, 0.717) is 12.4 Å². The highest BCUT2D eigenvalue weighted by molar-refractivity contribution is 7.17. The topological polar surface area (TPSA) is 58.6 Å². The average molecular weight is 397 g/mol. The van der Waals surface area contributed by atoms with Crippen molar-refractivity contribution in [3.05, 3.63) is 41.5 Å². The smallest absolute Gasteiger partial charge is 0.429 e. The van der Waals surface area contributed by atoms with Crippen LogP contribution >= 0.6 is 11.3 Å². The summed E-state index contributed by atoms with van der Waals surface area (Å²) in [6, 6.07) is 10.2. The number of hydrogen-bond donors (Lipinski definition) is 0. The molecule has 1 aliphatic rings. The van der Waals surface area contributed by atoms with Crippen LogP contribution in [-0.2, 0) is 4.74 Å². The number of carbonyl (C=O) groups is 1. The van der Waals surface area contributed by atoms with Gasteiger partial charge in [-0.1, -0.05) is 30.3 Å². The number of carbonyl (C=O) groups excluding carboxylic acids is 1. The van der Waals surface area contributed by atoms with Crippen molar-refractivity contribution in [2.45, 2.75) is 39.7 Å². The lowest BCUT2D eigenvalue weighted by molar-refractivity contribution is 0.0273. The minimum absolute atomic E-state index is 0.342. The number of aryl methyl sites for hydroxylation is 1. The molecule has 0 saturated carbocycles. The van der Waals surface area contributed by atoms with Crippen molar-refractivity contribution in [2.75, 3.05) is 18.1 Å². The Bertz CT molecular complexity index is 1010. The first-order valence-electron chi connectivity index (χ1n) is 9.43. The molecule has 7 heteroatoms. The van der Waals surface area contributed by atoms with E-state index < -0.39 is 5.60 Å². The molecule has 0 unspecified atom stereocenters. The Morgan fingerprint density at radius 2 is 1.89 bits per heavy atom. The van der Waals surface area contributed by atoms with Crippen molar-refractivity contribution >= 4 is 33.5 Å². The number of hydrogen-bond acceptors (Lipinski definition) is 6. The molecular formula is C21H24N4O2S. The molecule has 1 fully saturated rings. The Morgan fingerprint density at radius 1 is 1.14 bits per heavy atom. The second-order valence-corrected chi connectivity index (χ2v) is 8.73. The molecule has 2 aromatic heterocycles. The van der Waals surface area contributed by atoms with Crippen LogP contribution in [0.5, 0.6) is 0 Å². The Kier molecular flexibility index (Phi) is 4.71. The van der Waals surface area contributed by atoms with E-state index in [9.17, 15) is 4.79 Å². The van der Waals surface area contributed by atoms with Gasteiger partial charge in [0.1, 0.15) is 16.3 Å². The molecule has 0 aliphatic carbocycles. The Labute approximate surface area is 168 Å². The van der Waals surface area contributed by atoms with E-state index in [4.69, 9.17) is 9.72 Å². The maximum Gasteiger partial charge on any atom is 0.429 e.